The van der Waals surface area contributed by atoms with Crippen molar-refractivity contribution in [2.75, 3.05) is 18.8 Å². The van der Waals surface area contributed by atoms with Gasteiger partial charge in [0.15, 0.2) is 5.78 Å². The Bertz CT molecular complexity index is 1200. The van der Waals surface area contributed by atoms with E-state index in [0.29, 0.717) is 23.2 Å². The number of likely N-dealkylation sites (tertiary alicyclic amines) is 1. The van der Waals surface area contributed by atoms with E-state index in [1.54, 1.807) is 6.07 Å². The fraction of sp³-hybridized carbons (Fsp3) is 0.269. The first-order valence-corrected chi connectivity index (χ1v) is 12.3. The number of fused-ring (bicyclic) bond motifs is 4. The average molecular weight is 461 g/mol. The highest BCUT2D eigenvalue weighted by atomic mass is 32.2. The molecule has 2 aliphatic heterocycles. The molecule has 0 spiro atoms. The monoisotopic (exact) mass is 460 g/mol. The number of pyridine rings is 1. The number of benzene rings is 2. The molecule has 3 aromatic rings. The second-order valence-corrected chi connectivity index (χ2v) is 10.1. The highest BCUT2D eigenvalue weighted by Crippen LogP contribution is 2.36. The maximum Gasteiger partial charge on any atom is 0.250 e. The lowest BCUT2D eigenvalue weighted by atomic mass is 9.83. The van der Waals surface area contributed by atoms with Crippen molar-refractivity contribution in [2.45, 2.75) is 18.9 Å². The summed E-state index contributed by atoms with van der Waals surface area (Å²) >= 11 is 7.15. The van der Waals surface area contributed by atoms with Gasteiger partial charge in [-0.25, -0.2) is 0 Å². The number of rotatable bonds is 4. The Kier molecular flexibility index (Phi) is 5.98. The van der Waals surface area contributed by atoms with Gasteiger partial charge in [-0.05, 0) is 29.5 Å². The van der Waals surface area contributed by atoms with Gasteiger partial charge in [0.05, 0.1) is 5.75 Å². The number of thiocarbonyl (C=S) groups is 1. The predicted octanol–water partition coefficient (Wildman–Crippen LogP) is 4.84. The Morgan fingerprint density at radius 2 is 1.66 bits per heavy atom. The summed E-state index contributed by atoms with van der Waals surface area (Å²) in [6.07, 6.45) is 1.10. The summed E-state index contributed by atoms with van der Waals surface area (Å²) in [5.74, 6) is 1.16. The molecule has 2 atom stereocenters. The third-order valence-electron chi connectivity index (χ3n) is 6.38. The molecule has 2 aromatic carbocycles. The molecule has 1 aromatic heterocycles. The van der Waals surface area contributed by atoms with Crippen LogP contribution in [0.25, 0.3) is 11.1 Å². The molecule has 162 valence electrons. The maximum absolute atomic E-state index is 12.7. The van der Waals surface area contributed by atoms with E-state index < -0.39 is 0 Å². The molecule has 0 unspecified atom stereocenters. The highest BCUT2D eigenvalue weighted by Gasteiger charge is 2.35. The second-order valence-electron chi connectivity index (χ2n) is 8.52. The van der Waals surface area contributed by atoms with Gasteiger partial charge in [-0.15, -0.1) is 0 Å². The summed E-state index contributed by atoms with van der Waals surface area (Å²) in [4.78, 5) is 27.2. The molecule has 0 saturated carbocycles. The summed E-state index contributed by atoms with van der Waals surface area (Å²) in [7, 11) is 0. The fourth-order valence-electron chi connectivity index (χ4n) is 4.83. The molecule has 3 heterocycles. The summed E-state index contributed by atoms with van der Waals surface area (Å²) < 4.78 is 2.70. The predicted molar refractivity (Wildman–Crippen MR) is 134 cm³/mol. The van der Waals surface area contributed by atoms with Crippen LogP contribution in [-0.2, 0) is 6.54 Å². The van der Waals surface area contributed by atoms with E-state index >= 15 is 0 Å². The molecule has 4 nitrogen and oxygen atoms in total. The van der Waals surface area contributed by atoms with Crippen LogP contribution >= 0.6 is 24.0 Å². The van der Waals surface area contributed by atoms with Crippen LogP contribution in [0.5, 0.6) is 0 Å². The number of carbonyl (C=O) groups is 1. The number of ketones is 1. The van der Waals surface area contributed by atoms with Gasteiger partial charge in [0.1, 0.15) is 4.32 Å². The third-order valence-corrected chi connectivity index (χ3v) is 7.90. The summed E-state index contributed by atoms with van der Waals surface area (Å²) in [6, 6.07) is 23.5. The molecular weight excluding hydrogens is 436 g/mol. The van der Waals surface area contributed by atoms with Crippen LogP contribution in [0.3, 0.4) is 0 Å². The Morgan fingerprint density at radius 3 is 2.44 bits per heavy atom. The molecule has 0 radical (unpaired) electrons. The van der Waals surface area contributed by atoms with Gasteiger partial charge in [-0.3, -0.25) is 9.59 Å². The molecule has 0 aliphatic carbocycles. The van der Waals surface area contributed by atoms with Crippen molar-refractivity contribution >= 4 is 34.1 Å². The maximum atomic E-state index is 12.7. The van der Waals surface area contributed by atoms with Crippen molar-refractivity contribution in [2.24, 2.45) is 5.92 Å². The van der Waals surface area contributed by atoms with Gasteiger partial charge < -0.3 is 9.47 Å². The molecule has 5 rings (SSSR count). The van der Waals surface area contributed by atoms with Crippen molar-refractivity contribution < 1.29 is 4.79 Å². The van der Waals surface area contributed by atoms with Crippen molar-refractivity contribution in [1.82, 2.24) is 9.47 Å². The molecule has 1 fully saturated rings. The lowest BCUT2D eigenvalue weighted by Crippen LogP contribution is -2.48. The largest absolute Gasteiger partial charge is 0.356 e. The smallest absolute Gasteiger partial charge is 0.250 e. The van der Waals surface area contributed by atoms with Gasteiger partial charge >= 0.3 is 0 Å². The van der Waals surface area contributed by atoms with Gasteiger partial charge in [0, 0.05) is 42.9 Å². The fourth-order valence-corrected chi connectivity index (χ4v) is 5.91. The Hall–Kier alpha value is -2.70. The minimum absolute atomic E-state index is 0.0889. The number of piperidine rings is 1. The van der Waals surface area contributed by atoms with Crippen LogP contribution in [-0.4, -0.2) is 38.4 Å². The van der Waals surface area contributed by atoms with E-state index in [1.807, 2.05) is 53.1 Å². The van der Waals surface area contributed by atoms with Gasteiger partial charge in [0.25, 0.3) is 5.56 Å². The van der Waals surface area contributed by atoms with E-state index in [4.69, 9.17) is 12.2 Å². The molecule has 0 N–H and O–H groups in total. The van der Waals surface area contributed by atoms with E-state index in [9.17, 15) is 9.59 Å². The first kappa shape index (κ1) is 21.2. The zero-order chi connectivity index (χ0) is 22.1. The van der Waals surface area contributed by atoms with E-state index in [-0.39, 0.29) is 11.3 Å². The Morgan fingerprint density at radius 1 is 0.906 bits per heavy atom. The first-order chi connectivity index (χ1) is 15.6. The highest BCUT2D eigenvalue weighted by molar-refractivity contribution is 8.23. The average Bonchev–Trinajstić information content (AvgIpc) is 2.83. The molecule has 32 heavy (non-hydrogen) atoms. The molecular formula is C26H24N2O2S2. The first-order valence-electron chi connectivity index (χ1n) is 10.9. The third kappa shape index (κ3) is 4.30. The van der Waals surface area contributed by atoms with E-state index in [0.717, 1.165) is 47.2 Å². The molecule has 2 aliphatic rings. The lowest BCUT2D eigenvalue weighted by molar-refractivity contribution is 0.102. The van der Waals surface area contributed by atoms with Crippen LogP contribution in [0.15, 0.2) is 77.6 Å². The summed E-state index contributed by atoms with van der Waals surface area (Å²) in [5.41, 5.74) is 4.15. The zero-order valence-electron chi connectivity index (χ0n) is 17.6. The zero-order valence-corrected chi connectivity index (χ0v) is 19.3. The van der Waals surface area contributed by atoms with Gasteiger partial charge in [-0.1, -0.05) is 84.6 Å². The van der Waals surface area contributed by atoms with Crippen LogP contribution in [0.4, 0.5) is 0 Å². The van der Waals surface area contributed by atoms with E-state index in [1.165, 1.54) is 11.8 Å². The van der Waals surface area contributed by atoms with Crippen molar-refractivity contribution in [3.8, 4) is 11.1 Å². The number of carbonyl (C=O) groups excluding carboxylic acids is 1. The van der Waals surface area contributed by atoms with Crippen LogP contribution < -0.4 is 5.56 Å². The SMILES string of the molecule is O=C(CSC(=S)N1C[C@@H]2C[C@H](C1)c1cccc(=O)n1C2)c1ccc(-c2ccccc2)cc1. The molecule has 2 bridgehead atoms. The normalized spacial score (nSPS) is 19.3. The van der Waals surface area contributed by atoms with Crippen molar-refractivity contribution in [3.63, 3.8) is 0 Å². The molecule has 6 heteroatoms. The second kappa shape index (κ2) is 9.04. The number of hydrogen-bond donors (Lipinski definition) is 0. The van der Waals surface area contributed by atoms with Crippen LogP contribution in [0.2, 0.25) is 0 Å². The number of Topliss-reactive ketones (excluding diaryl/α,β-unsaturated/α-hetero) is 1. The minimum atomic E-state index is 0.0889. The van der Waals surface area contributed by atoms with Crippen LogP contribution in [0, 0.1) is 5.92 Å². The van der Waals surface area contributed by atoms with Crippen molar-refractivity contribution in [3.05, 3.63) is 94.4 Å². The number of nitrogens with zero attached hydrogens (tertiary/aromatic N) is 2. The van der Waals surface area contributed by atoms with E-state index in [2.05, 4.69) is 23.1 Å². The lowest BCUT2D eigenvalue weighted by Gasteiger charge is -2.43. The summed E-state index contributed by atoms with van der Waals surface area (Å²) in [6.45, 7) is 2.41. The summed E-state index contributed by atoms with van der Waals surface area (Å²) in [5, 5.41) is 0. The number of hydrogen-bond acceptors (Lipinski definition) is 4. The van der Waals surface area contributed by atoms with Gasteiger partial charge in [0.2, 0.25) is 0 Å². The van der Waals surface area contributed by atoms with Crippen LogP contribution in [0.1, 0.15) is 28.4 Å². The topological polar surface area (TPSA) is 42.3 Å². The van der Waals surface area contributed by atoms with Crippen molar-refractivity contribution in [1.29, 1.82) is 0 Å². The Labute approximate surface area is 197 Å². The number of aromatic nitrogens is 1. The Balaban J connectivity index is 1.20. The minimum Gasteiger partial charge on any atom is -0.356 e. The molecule has 0 amide bonds. The standard InChI is InChI=1S/C26H24N2O2S2/c29-24(21-11-9-20(10-12-21)19-5-2-1-3-6-19)17-32-26(31)27-14-18-13-22(16-27)23-7-4-8-25(30)28(23)15-18/h1-12,18,22H,13-17H2/t18-,22+/m0/s1. The quantitative estimate of drug-likeness (QED) is 0.412. The molecule has 1 saturated heterocycles. The van der Waals surface area contributed by atoms with Gasteiger partial charge in [-0.2, -0.15) is 0 Å². The number of thioether (sulfide) groups is 1.